The van der Waals surface area contributed by atoms with Crippen molar-refractivity contribution in [1.82, 2.24) is 5.32 Å². The number of aryl methyl sites for hydroxylation is 1. The van der Waals surface area contributed by atoms with Crippen molar-refractivity contribution in [1.29, 1.82) is 0 Å². The van der Waals surface area contributed by atoms with Crippen molar-refractivity contribution in [3.8, 4) is 5.75 Å². The maximum absolute atomic E-state index is 11.8. The fourth-order valence-corrected chi connectivity index (χ4v) is 1.56. The molecule has 0 aliphatic heterocycles. The van der Waals surface area contributed by atoms with E-state index in [0.29, 0.717) is 30.2 Å². The van der Waals surface area contributed by atoms with E-state index in [2.05, 4.69) is 19.2 Å². The fraction of sp³-hybridized carbons (Fsp3) is 0.533. The second-order valence-electron chi connectivity index (χ2n) is 5.05. The highest BCUT2D eigenvalue weighted by Crippen LogP contribution is 2.16. The van der Waals surface area contributed by atoms with Crippen molar-refractivity contribution in [2.24, 2.45) is 5.92 Å². The predicted octanol–water partition coefficient (Wildman–Crippen LogP) is 2.49. The molecule has 1 aromatic rings. The first kappa shape index (κ1) is 15.5. The molecule has 4 heteroatoms. The normalized spacial score (nSPS) is 10.7. The molecule has 0 fully saturated rings. The van der Waals surface area contributed by atoms with Crippen LogP contribution in [0.5, 0.6) is 5.75 Å². The molecule has 2 N–H and O–H groups in total. The van der Waals surface area contributed by atoms with Gasteiger partial charge in [-0.1, -0.05) is 13.8 Å². The summed E-state index contributed by atoms with van der Waals surface area (Å²) < 4.78 is 5.42. The number of nitrogens with one attached hydrogen (secondary N) is 1. The average molecular weight is 265 g/mol. The van der Waals surface area contributed by atoms with E-state index in [1.807, 2.05) is 0 Å². The Balaban J connectivity index is 2.26. The third kappa shape index (κ3) is 5.75. The van der Waals surface area contributed by atoms with Gasteiger partial charge in [0, 0.05) is 18.7 Å². The Morgan fingerprint density at radius 2 is 2.11 bits per heavy atom. The van der Waals surface area contributed by atoms with Gasteiger partial charge in [0.05, 0.1) is 6.61 Å². The smallest absolute Gasteiger partial charge is 0.251 e. The van der Waals surface area contributed by atoms with E-state index in [1.165, 1.54) is 6.07 Å². The third-order valence-electron chi connectivity index (χ3n) is 2.83. The van der Waals surface area contributed by atoms with Gasteiger partial charge in [-0.15, -0.1) is 0 Å². The van der Waals surface area contributed by atoms with Gasteiger partial charge in [0.1, 0.15) is 5.75 Å². The van der Waals surface area contributed by atoms with Gasteiger partial charge in [-0.25, -0.2) is 0 Å². The standard InChI is InChI=1S/C15H23NO3/c1-11(2)6-8-19-9-7-16-15(18)13-4-5-14(17)12(3)10-13/h4-5,10-11,17H,6-9H2,1-3H3,(H,16,18). The summed E-state index contributed by atoms with van der Waals surface area (Å²) in [4.78, 5) is 11.8. The van der Waals surface area contributed by atoms with Crippen molar-refractivity contribution >= 4 is 5.91 Å². The number of phenols is 1. The number of amides is 1. The molecule has 0 aliphatic carbocycles. The topological polar surface area (TPSA) is 58.6 Å². The molecule has 0 aromatic heterocycles. The van der Waals surface area contributed by atoms with E-state index in [-0.39, 0.29) is 11.7 Å². The quantitative estimate of drug-likeness (QED) is 0.745. The van der Waals surface area contributed by atoms with Gasteiger partial charge in [-0.2, -0.15) is 0 Å². The van der Waals surface area contributed by atoms with Crippen LogP contribution in [0.15, 0.2) is 18.2 Å². The molecule has 0 unspecified atom stereocenters. The maximum Gasteiger partial charge on any atom is 0.251 e. The van der Waals surface area contributed by atoms with E-state index in [0.717, 1.165) is 13.0 Å². The highest BCUT2D eigenvalue weighted by atomic mass is 16.5. The summed E-state index contributed by atoms with van der Waals surface area (Å²) in [6, 6.07) is 4.81. The predicted molar refractivity (Wildman–Crippen MR) is 75.5 cm³/mol. The molecule has 0 atom stereocenters. The van der Waals surface area contributed by atoms with Crippen LogP contribution in [0, 0.1) is 12.8 Å². The Bertz CT molecular complexity index is 416. The van der Waals surface area contributed by atoms with Crippen LogP contribution in [0.4, 0.5) is 0 Å². The van der Waals surface area contributed by atoms with Crippen molar-refractivity contribution in [2.45, 2.75) is 27.2 Å². The number of hydrogen-bond acceptors (Lipinski definition) is 3. The lowest BCUT2D eigenvalue weighted by atomic mass is 10.1. The van der Waals surface area contributed by atoms with Crippen LogP contribution in [0.25, 0.3) is 0 Å². The van der Waals surface area contributed by atoms with E-state index in [4.69, 9.17) is 4.74 Å². The zero-order chi connectivity index (χ0) is 14.3. The van der Waals surface area contributed by atoms with E-state index < -0.39 is 0 Å². The zero-order valence-electron chi connectivity index (χ0n) is 11.9. The minimum Gasteiger partial charge on any atom is -0.508 e. The summed E-state index contributed by atoms with van der Waals surface area (Å²) in [5.74, 6) is 0.693. The number of rotatable bonds is 7. The fourth-order valence-electron chi connectivity index (χ4n) is 1.56. The first-order valence-electron chi connectivity index (χ1n) is 6.66. The second-order valence-corrected chi connectivity index (χ2v) is 5.05. The molecule has 0 radical (unpaired) electrons. The van der Waals surface area contributed by atoms with Gasteiger partial charge in [0.15, 0.2) is 0 Å². The number of aromatic hydroxyl groups is 1. The molecular weight excluding hydrogens is 242 g/mol. The molecule has 0 spiro atoms. The van der Waals surface area contributed by atoms with Crippen LogP contribution in [-0.4, -0.2) is 30.8 Å². The van der Waals surface area contributed by atoms with Crippen LogP contribution in [0.3, 0.4) is 0 Å². The van der Waals surface area contributed by atoms with Crippen molar-refractivity contribution in [3.63, 3.8) is 0 Å². The Hall–Kier alpha value is -1.55. The van der Waals surface area contributed by atoms with Gasteiger partial charge in [0.2, 0.25) is 0 Å². The SMILES string of the molecule is Cc1cc(C(=O)NCCOCCC(C)C)ccc1O. The lowest BCUT2D eigenvalue weighted by molar-refractivity contribution is 0.0905. The Morgan fingerprint density at radius 3 is 2.74 bits per heavy atom. The largest absolute Gasteiger partial charge is 0.508 e. The van der Waals surface area contributed by atoms with Gasteiger partial charge in [-0.3, -0.25) is 4.79 Å². The minimum atomic E-state index is -0.143. The molecule has 106 valence electrons. The number of phenolic OH excluding ortho intramolecular Hbond substituents is 1. The van der Waals surface area contributed by atoms with Gasteiger partial charge in [0.25, 0.3) is 5.91 Å². The molecule has 19 heavy (non-hydrogen) atoms. The van der Waals surface area contributed by atoms with E-state index >= 15 is 0 Å². The summed E-state index contributed by atoms with van der Waals surface area (Å²) in [5.41, 5.74) is 1.25. The summed E-state index contributed by atoms with van der Waals surface area (Å²) >= 11 is 0. The number of ether oxygens (including phenoxy) is 1. The van der Waals surface area contributed by atoms with Crippen LogP contribution < -0.4 is 5.32 Å². The zero-order valence-corrected chi connectivity index (χ0v) is 11.9. The van der Waals surface area contributed by atoms with Crippen molar-refractivity contribution in [2.75, 3.05) is 19.8 Å². The summed E-state index contributed by atoms with van der Waals surface area (Å²) in [6.07, 6.45) is 1.03. The monoisotopic (exact) mass is 265 g/mol. The molecule has 1 rings (SSSR count). The molecule has 0 bridgehead atoms. The van der Waals surface area contributed by atoms with Gasteiger partial charge in [-0.05, 0) is 43.0 Å². The molecular formula is C15H23NO3. The highest BCUT2D eigenvalue weighted by Gasteiger charge is 2.06. The first-order chi connectivity index (χ1) is 9.00. The van der Waals surface area contributed by atoms with Crippen LogP contribution in [0.2, 0.25) is 0 Å². The third-order valence-corrected chi connectivity index (χ3v) is 2.83. The number of carbonyl (C=O) groups excluding carboxylic acids is 1. The van der Waals surface area contributed by atoms with E-state index in [1.54, 1.807) is 19.1 Å². The summed E-state index contributed by atoms with van der Waals surface area (Å²) in [5, 5.41) is 12.2. The van der Waals surface area contributed by atoms with Crippen LogP contribution >= 0.6 is 0 Å². The first-order valence-corrected chi connectivity index (χ1v) is 6.66. The number of hydrogen-bond donors (Lipinski definition) is 2. The average Bonchev–Trinajstić information content (AvgIpc) is 2.36. The molecule has 4 nitrogen and oxygen atoms in total. The lowest BCUT2D eigenvalue weighted by Gasteiger charge is -2.08. The van der Waals surface area contributed by atoms with Gasteiger partial charge < -0.3 is 15.2 Å². The maximum atomic E-state index is 11.8. The molecule has 0 heterocycles. The van der Waals surface area contributed by atoms with Crippen molar-refractivity contribution in [3.05, 3.63) is 29.3 Å². The van der Waals surface area contributed by atoms with Crippen molar-refractivity contribution < 1.29 is 14.6 Å². The molecule has 0 aliphatic rings. The lowest BCUT2D eigenvalue weighted by Crippen LogP contribution is -2.27. The Morgan fingerprint density at radius 1 is 1.37 bits per heavy atom. The molecule has 0 saturated carbocycles. The Labute approximate surface area is 114 Å². The highest BCUT2D eigenvalue weighted by molar-refractivity contribution is 5.94. The summed E-state index contributed by atoms with van der Waals surface area (Å²) in [6.45, 7) is 7.82. The van der Waals surface area contributed by atoms with E-state index in [9.17, 15) is 9.90 Å². The van der Waals surface area contributed by atoms with Crippen LogP contribution in [-0.2, 0) is 4.74 Å². The summed E-state index contributed by atoms with van der Waals surface area (Å²) in [7, 11) is 0. The molecule has 0 saturated heterocycles. The Kier molecular flexibility index (Phi) is 6.36. The second kappa shape index (κ2) is 7.79. The minimum absolute atomic E-state index is 0.143. The molecule has 1 amide bonds. The number of benzene rings is 1. The number of carbonyl (C=O) groups is 1. The molecule has 1 aromatic carbocycles. The van der Waals surface area contributed by atoms with Crippen LogP contribution in [0.1, 0.15) is 36.2 Å². The van der Waals surface area contributed by atoms with Gasteiger partial charge >= 0.3 is 0 Å².